The molecule has 0 aliphatic carbocycles. The lowest BCUT2D eigenvalue weighted by Gasteiger charge is -2.08. The third-order valence-electron chi connectivity index (χ3n) is 2.48. The molecule has 0 spiro atoms. The van der Waals surface area contributed by atoms with Gasteiger partial charge in [-0.2, -0.15) is 15.0 Å². The fourth-order valence-corrected chi connectivity index (χ4v) is 1.52. The average molecular weight is 260 g/mol. The molecule has 0 amide bonds. The average Bonchev–Trinajstić information content (AvgIpc) is 2.37. The summed E-state index contributed by atoms with van der Waals surface area (Å²) in [5, 5.41) is 3.09. The van der Waals surface area contributed by atoms with Crippen molar-refractivity contribution in [1.29, 1.82) is 0 Å². The number of hydrogen-bond acceptors (Lipinski definition) is 7. The predicted molar refractivity (Wildman–Crippen MR) is 71.7 cm³/mol. The molecule has 0 aliphatic heterocycles. The fraction of sp³-hybridized carbons (Fsp3) is 0.333. The molecule has 0 aromatic carbocycles. The van der Waals surface area contributed by atoms with Crippen molar-refractivity contribution in [3.8, 4) is 6.01 Å². The summed E-state index contributed by atoms with van der Waals surface area (Å²) in [7, 11) is 0. The molecule has 2 rings (SSSR count). The van der Waals surface area contributed by atoms with Gasteiger partial charge < -0.3 is 15.8 Å². The van der Waals surface area contributed by atoms with E-state index in [9.17, 15) is 0 Å². The van der Waals surface area contributed by atoms with Crippen molar-refractivity contribution in [1.82, 2.24) is 19.9 Å². The van der Waals surface area contributed by atoms with Gasteiger partial charge in [0.2, 0.25) is 11.9 Å². The Morgan fingerprint density at radius 2 is 2.16 bits per heavy atom. The molecule has 7 nitrogen and oxygen atoms in total. The van der Waals surface area contributed by atoms with Crippen LogP contribution in [0.15, 0.2) is 18.5 Å². The Kier molecular flexibility index (Phi) is 4.07. The smallest absolute Gasteiger partial charge is 0.323 e. The molecular weight excluding hydrogens is 244 g/mol. The minimum Gasteiger partial charge on any atom is -0.464 e. The maximum Gasteiger partial charge on any atom is 0.323 e. The SMILES string of the molecule is CCOc1nc(N)nc(NCc2ccncc2C)n1. The Morgan fingerprint density at radius 3 is 2.89 bits per heavy atom. The molecule has 0 radical (unpaired) electrons. The number of aromatic nitrogens is 4. The van der Waals surface area contributed by atoms with E-state index in [1.165, 1.54) is 0 Å². The fourth-order valence-electron chi connectivity index (χ4n) is 1.52. The number of rotatable bonds is 5. The molecule has 0 bridgehead atoms. The van der Waals surface area contributed by atoms with Crippen LogP contribution in [0.25, 0.3) is 0 Å². The van der Waals surface area contributed by atoms with Crippen molar-refractivity contribution >= 4 is 11.9 Å². The lowest BCUT2D eigenvalue weighted by molar-refractivity contribution is 0.312. The molecule has 0 fully saturated rings. The van der Waals surface area contributed by atoms with Crippen LogP contribution in [-0.2, 0) is 6.54 Å². The number of nitrogens with one attached hydrogen (secondary N) is 1. The number of hydrogen-bond donors (Lipinski definition) is 2. The number of aryl methyl sites for hydroxylation is 1. The van der Waals surface area contributed by atoms with Crippen molar-refractivity contribution in [3.63, 3.8) is 0 Å². The molecule has 2 aromatic heterocycles. The van der Waals surface area contributed by atoms with Gasteiger partial charge in [0.05, 0.1) is 6.61 Å². The number of nitrogens with zero attached hydrogens (tertiary/aromatic N) is 4. The molecular formula is C12H16N6O. The molecule has 19 heavy (non-hydrogen) atoms. The second kappa shape index (κ2) is 5.94. The van der Waals surface area contributed by atoms with E-state index in [1.807, 2.05) is 26.1 Å². The zero-order valence-corrected chi connectivity index (χ0v) is 10.9. The molecule has 0 saturated heterocycles. The molecule has 0 aliphatic rings. The van der Waals surface area contributed by atoms with Crippen molar-refractivity contribution in [2.75, 3.05) is 17.7 Å². The second-order valence-electron chi connectivity index (χ2n) is 3.89. The molecule has 0 unspecified atom stereocenters. The number of ether oxygens (including phenoxy) is 1. The first-order valence-corrected chi connectivity index (χ1v) is 5.96. The maximum absolute atomic E-state index is 5.60. The van der Waals surface area contributed by atoms with Crippen LogP contribution in [0.2, 0.25) is 0 Å². The molecule has 2 heterocycles. The van der Waals surface area contributed by atoms with E-state index in [0.717, 1.165) is 11.1 Å². The minimum absolute atomic E-state index is 0.132. The van der Waals surface area contributed by atoms with E-state index in [2.05, 4.69) is 25.3 Å². The normalized spacial score (nSPS) is 10.2. The van der Waals surface area contributed by atoms with Crippen LogP contribution in [-0.4, -0.2) is 26.5 Å². The number of pyridine rings is 1. The van der Waals surface area contributed by atoms with Gasteiger partial charge in [0, 0.05) is 18.9 Å². The van der Waals surface area contributed by atoms with E-state index in [1.54, 1.807) is 6.20 Å². The minimum atomic E-state index is 0.132. The summed E-state index contributed by atoms with van der Waals surface area (Å²) in [5.41, 5.74) is 7.81. The van der Waals surface area contributed by atoms with Gasteiger partial charge in [-0.3, -0.25) is 4.98 Å². The highest BCUT2D eigenvalue weighted by Gasteiger charge is 2.05. The van der Waals surface area contributed by atoms with Crippen molar-refractivity contribution in [2.45, 2.75) is 20.4 Å². The van der Waals surface area contributed by atoms with Crippen LogP contribution >= 0.6 is 0 Å². The standard InChI is InChI=1S/C12H16N6O/c1-3-19-12-17-10(13)16-11(18-12)15-7-9-4-5-14-6-8(9)2/h4-6H,3,7H2,1-2H3,(H3,13,15,16,17,18). The van der Waals surface area contributed by atoms with E-state index in [0.29, 0.717) is 19.1 Å². The first-order chi connectivity index (χ1) is 9.19. The van der Waals surface area contributed by atoms with Crippen molar-refractivity contribution in [3.05, 3.63) is 29.6 Å². The number of nitrogens with two attached hydrogens (primary N) is 1. The van der Waals surface area contributed by atoms with Gasteiger partial charge in [0.15, 0.2) is 0 Å². The Balaban J connectivity index is 2.09. The molecule has 0 saturated carbocycles. The van der Waals surface area contributed by atoms with Crippen LogP contribution in [0.1, 0.15) is 18.1 Å². The number of anilines is 2. The van der Waals surface area contributed by atoms with Gasteiger partial charge in [-0.05, 0) is 31.0 Å². The zero-order valence-electron chi connectivity index (χ0n) is 10.9. The summed E-state index contributed by atoms with van der Waals surface area (Å²) in [6.45, 7) is 4.92. The van der Waals surface area contributed by atoms with Crippen LogP contribution in [0.5, 0.6) is 6.01 Å². The zero-order chi connectivity index (χ0) is 13.7. The summed E-state index contributed by atoms with van der Waals surface area (Å²) in [5.74, 6) is 0.527. The van der Waals surface area contributed by atoms with E-state index >= 15 is 0 Å². The summed E-state index contributed by atoms with van der Waals surface area (Å²) in [6, 6.07) is 2.17. The van der Waals surface area contributed by atoms with Gasteiger partial charge in [-0.15, -0.1) is 0 Å². The Hall–Kier alpha value is -2.44. The summed E-state index contributed by atoms with van der Waals surface area (Å²) in [4.78, 5) is 16.0. The highest BCUT2D eigenvalue weighted by Crippen LogP contribution is 2.11. The van der Waals surface area contributed by atoms with Crippen LogP contribution < -0.4 is 15.8 Å². The summed E-state index contributed by atoms with van der Waals surface area (Å²) in [6.07, 6.45) is 3.56. The van der Waals surface area contributed by atoms with E-state index in [4.69, 9.17) is 10.5 Å². The summed E-state index contributed by atoms with van der Waals surface area (Å²) >= 11 is 0. The summed E-state index contributed by atoms with van der Waals surface area (Å²) < 4.78 is 5.21. The highest BCUT2D eigenvalue weighted by molar-refractivity contribution is 5.34. The van der Waals surface area contributed by atoms with Gasteiger partial charge in [-0.25, -0.2) is 0 Å². The molecule has 0 atom stereocenters. The monoisotopic (exact) mass is 260 g/mol. The van der Waals surface area contributed by atoms with E-state index in [-0.39, 0.29) is 12.0 Å². The topological polar surface area (TPSA) is 98.8 Å². The van der Waals surface area contributed by atoms with Crippen molar-refractivity contribution < 1.29 is 4.74 Å². The first kappa shape index (κ1) is 13.0. The second-order valence-corrected chi connectivity index (χ2v) is 3.89. The highest BCUT2D eigenvalue weighted by atomic mass is 16.5. The Bertz CT molecular complexity index is 560. The molecule has 100 valence electrons. The van der Waals surface area contributed by atoms with Crippen LogP contribution in [0.4, 0.5) is 11.9 Å². The maximum atomic E-state index is 5.60. The van der Waals surface area contributed by atoms with Gasteiger partial charge in [0.25, 0.3) is 0 Å². The molecule has 3 N–H and O–H groups in total. The lowest BCUT2D eigenvalue weighted by atomic mass is 10.1. The van der Waals surface area contributed by atoms with Crippen LogP contribution in [0, 0.1) is 6.92 Å². The Morgan fingerprint density at radius 1 is 1.32 bits per heavy atom. The quantitative estimate of drug-likeness (QED) is 0.832. The third kappa shape index (κ3) is 3.51. The van der Waals surface area contributed by atoms with Gasteiger partial charge >= 0.3 is 6.01 Å². The van der Waals surface area contributed by atoms with Crippen molar-refractivity contribution in [2.24, 2.45) is 0 Å². The lowest BCUT2D eigenvalue weighted by Crippen LogP contribution is -2.09. The Labute approximate surface area is 111 Å². The molecule has 2 aromatic rings. The first-order valence-electron chi connectivity index (χ1n) is 5.96. The van der Waals surface area contributed by atoms with Gasteiger partial charge in [-0.1, -0.05) is 0 Å². The third-order valence-corrected chi connectivity index (χ3v) is 2.48. The largest absolute Gasteiger partial charge is 0.464 e. The molecule has 7 heteroatoms. The van der Waals surface area contributed by atoms with E-state index < -0.39 is 0 Å². The van der Waals surface area contributed by atoms with Crippen LogP contribution in [0.3, 0.4) is 0 Å². The predicted octanol–water partition coefficient (Wildman–Crippen LogP) is 1.17. The van der Waals surface area contributed by atoms with Gasteiger partial charge in [0.1, 0.15) is 0 Å². The number of nitrogen functional groups attached to an aromatic ring is 1.